The van der Waals surface area contributed by atoms with E-state index >= 15 is 0 Å². The number of carbonyl (C=O) groups excluding carboxylic acids is 1. The van der Waals surface area contributed by atoms with Gasteiger partial charge in [0.2, 0.25) is 0 Å². The minimum Gasteiger partial charge on any atom is -0.388 e. The van der Waals surface area contributed by atoms with Gasteiger partial charge in [0, 0.05) is 19.3 Å². The Bertz CT molecular complexity index is 771. The molecule has 0 fully saturated rings. The van der Waals surface area contributed by atoms with E-state index in [-0.39, 0.29) is 29.0 Å². The lowest BCUT2D eigenvalue weighted by molar-refractivity contribution is 0.0142. The monoisotopic (exact) mass is 306 g/mol. The molecule has 2 heterocycles. The molecule has 0 bridgehead atoms. The SMILES string of the molecule is Cc1cc(C(=O)NCC(C)(O)C(C)C)c2c(=O)[nH]n(C)c2n1. The summed E-state index contributed by atoms with van der Waals surface area (Å²) in [5.74, 6) is -0.403. The Hall–Kier alpha value is -2.15. The number of hydrogen-bond acceptors (Lipinski definition) is 4. The minimum absolute atomic E-state index is 0.00729. The van der Waals surface area contributed by atoms with E-state index in [0.717, 1.165) is 0 Å². The molecule has 22 heavy (non-hydrogen) atoms. The first-order valence-electron chi connectivity index (χ1n) is 7.20. The van der Waals surface area contributed by atoms with E-state index in [1.54, 1.807) is 27.0 Å². The minimum atomic E-state index is -1.01. The first-order chi connectivity index (χ1) is 10.1. The Kier molecular flexibility index (Phi) is 4.10. The molecule has 0 aromatic carbocycles. The number of nitrogens with zero attached hydrogens (tertiary/aromatic N) is 2. The van der Waals surface area contributed by atoms with Crippen molar-refractivity contribution in [1.29, 1.82) is 0 Å². The van der Waals surface area contributed by atoms with Gasteiger partial charge in [-0.05, 0) is 25.8 Å². The average molecular weight is 306 g/mol. The van der Waals surface area contributed by atoms with Crippen molar-refractivity contribution in [2.24, 2.45) is 13.0 Å². The highest BCUT2D eigenvalue weighted by atomic mass is 16.3. The maximum absolute atomic E-state index is 12.4. The highest BCUT2D eigenvalue weighted by Crippen LogP contribution is 2.17. The molecule has 120 valence electrons. The lowest BCUT2D eigenvalue weighted by atomic mass is 9.92. The molecule has 2 aromatic rings. The summed E-state index contributed by atoms with van der Waals surface area (Å²) in [7, 11) is 1.67. The van der Waals surface area contributed by atoms with E-state index in [4.69, 9.17) is 0 Å². The summed E-state index contributed by atoms with van der Waals surface area (Å²) in [5, 5.41) is 15.8. The third-order valence-corrected chi connectivity index (χ3v) is 4.04. The number of hydrogen-bond donors (Lipinski definition) is 3. The van der Waals surface area contributed by atoms with Crippen molar-refractivity contribution in [3.8, 4) is 0 Å². The first kappa shape index (κ1) is 16.2. The molecule has 3 N–H and O–H groups in total. The molecule has 2 aromatic heterocycles. The molecular weight excluding hydrogens is 284 g/mol. The van der Waals surface area contributed by atoms with Gasteiger partial charge in [0.25, 0.3) is 11.5 Å². The zero-order chi connectivity index (χ0) is 16.7. The average Bonchev–Trinajstić information content (AvgIpc) is 2.70. The number of fused-ring (bicyclic) bond motifs is 1. The molecule has 0 spiro atoms. The van der Waals surface area contributed by atoms with Gasteiger partial charge in [-0.3, -0.25) is 19.4 Å². The van der Waals surface area contributed by atoms with Crippen LogP contribution in [-0.2, 0) is 7.05 Å². The molecule has 0 aliphatic rings. The number of aryl methyl sites for hydroxylation is 2. The normalized spacial score (nSPS) is 14.3. The van der Waals surface area contributed by atoms with Gasteiger partial charge in [-0.1, -0.05) is 13.8 Å². The smallest absolute Gasteiger partial charge is 0.274 e. The fourth-order valence-corrected chi connectivity index (χ4v) is 2.12. The molecule has 1 atom stereocenters. The van der Waals surface area contributed by atoms with Crippen LogP contribution in [0.25, 0.3) is 11.0 Å². The van der Waals surface area contributed by atoms with Gasteiger partial charge < -0.3 is 10.4 Å². The molecule has 0 aliphatic heterocycles. The van der Waals surface area contributed by atoms with E-state index in [2.05, 4.69) is 15.4 Å². The predicted molar refractivity (Wildman–Crippen MR) is 83.9 cm³/mol. The summed E-state index contributed by atoms with van der Waals surface area (Å²) in [6.45, 7) is 7.29. The lowest BCUT2D eigenvalue weighted by Gasteiger charge is -2.27. The van der Waals surface area contributed by atoms with Crippen LogP contribution in [0.2, 0.25) is 0 Å². The topological polar surface area (TPSA) is 100 Å². The summed E-state index contributed by atoms with van der Waals surface area (Å²) in [5.41, 5.74) is -0.0247. The molecule has 7 nitrogen and oxygen atoms in total. The molecule has 0 saturated heterocycles. The fourth-order valence-electron chi connectivity index (χ4n) is 2.12. The van der Waals surface area contributed by atoms with Crippen LogP contribution in [0.15, 0.2) is 10.9 Å². The second-order valence-electron chi connectivity index (χ2n) is 6.20. The van der Waals surface area contributed by atoms with E-state index in [1.807, 2.05) is 13.8 Å². The number of carbonyl (C=O) groups is 1. The zero-order valence-corrected chi connectivity index (χ0v) is 13.5. The number of nitrogens with one attached hydrogen (secondary N) is 2. The largest absolute Gasteiger partial charge is 0.388 e. The van der Waals surface area contributed by atoms with Crippen molar-refractivity contribution in [1.82, 2.24) is 20.1 Å². The molecular formula is C15H22N4O3. The first-order valence-corrected chi connectivity index (χ1v) is 7.20. The molecule has 1 amide bonds. The zero-order valence-electron chi connectivity index (χ0n) is 13.5. The Morgan fingerprint density at radius 3 is 2.77 bits per heavy atom. The number of pyridine rings is 1. The van der Waals surface area contributed by atoms with Gasteiger partial charge >= 0.3 is 0 Å². The van der Waals surface area contributed by atoms with Crippen molar-refractivity contribution in [2.45, 2.75) is 33.3 Å². The number of rotatable bonds is 4. The van der Waals surface area contributed by atoms with Crippen molar-refractivity contribution in [3.05, 3.63) is 27.7 Å². The van der Waals surface area contributed by atoms with Gasteiger partial charge in [-0.15, -0.1) is 0 Å². The Morgan fingerprint density at radius 2 is 2.18 bits per heavy atom. The van der Waals surface area contributed by atoms with E-state index in [1.165, 1.54) is 4.68 Å². The Balaban J connectivity index is 2.39. The molecule has 0 radical (unpaired) electrons. The summed E-state index contributed by atoms with van der Waals surface area (Å²) in [6.07, 6.45) is 0. The number of amides is 1. The number of aliphatic hydroxyl groups is 1. The summed E-state index contributed by atoms with van der Waals surface area (Å²) >= 11 is 0. The molecule has 7 heteroatoms. The van der Waals surface area contributed by atoms with Crippen molar-refractivity contribution in [2.75, 3.05) is 6.54 Å². The summed E-state index contributed by atoms with van der Waals surface area (Å²) < 4.78 is 1.49. The quantitative estimate of drug-likeness (QED) is 0.774. The fraction of sp³-hybridized carbons (Fsp3) is 0.533. The van der Waals surface area contributed by atoms with Gasteiger partial charge in [0.05, 0.1) is 16.6 Å². The van der Waals surface area contributed by atoms with E-state index in [0.29, 0.717) is 11.3 Å². The third kappa shape index (κ3) is 2.89. The van der Waals surface area contributed by atoms with Gasteiger partial charge in [-0.2, -0.15) is 0 Å². The van der Waals surface area contributed by atoms with Crippen molar-refractivity contribution >= 4 is 16.9 Å². The number of H-pyrrole nitrogens is 1. The van der Waals surface area contributed by atoms with E-state index in [9.17, 15) is 14.7 Å². The molecule has 0 saturated carbocycles. The van der Waals surface area contributed by atoms with Crippen LogP contribution >= 0.6 is 0 Å². The Morgan fingerprint density at radius 1 is 1.55 bits per heavy atom. The van der Waals surface area contributed by atoms with Crippen LogP contribution in [0.1, 0.15) is 36.8 Å². The van der Waals surface area contributed by atoms with Crippen LogP contribution in [0.3, 0.4) is 0 Å². The van der Waals surface area contributed by atoms with Gasteiger partial charge in [0.1, 0.15) is 0 Å². The van der Waals surface area contributed by atoms with Crippen LogP contribution in [0, 0.1) is 12.8 Å². The second kappa shape index (κ2) is 5.57. The van der Waals surface area contributed by atoms with Crippen molar-refractivity contribution < 1.29 is 9.90 Å². The van der Waals surface area contributed by atoms with Gasteiger partial charge in [-0.25, -0.2) is 4.98 Å². The molecule has 1 unspecified atom stereocenters. The standard InChI is InChI=1S/C15H22N4O3/c1-8(2)15(4,22)7-16-13(20)10-6-9(3)17-12-11(10)14(21)18-19(12)5/h6,8,22H,7H2,1-5H3,(H,16,20)(H,18,21). The molecule has 0 aliphatic carbocycles. The number of aromatic nitrogens is 3. The Labute approximate surface area is 128 Å². The van der Waals surface area contributed by atoms with Crippen molar-refractivity contribution in [3.63, 3.8) is 0 Å². The highest BCUT2D eigenvalue weighted by Gasteiger charge is 2.26. The van der Waals surface area contributed by atoms with Crippen LogP contribution < -0.4 is 10.9 Å². The van der Waals surface area contributed by atoms with Crippen LogP contribution in [0.5, 0.6) is 0 Å². The maximum atomic E-state index is 12.4. The third-order valence-electron chi connectivity index (χ3n) is 4.04. The summed E-state index contributed by atoms with van der Waals surface area (Å²) in [4.78, 5) is 28.7. The molecule has 2 rings (SSSR count). The predicted octanol–water partition coefficient (Wildman–Crippen LogP) is 0.707. The number of aromatic amines is 1. The summed E-state index contributed by atoms with van der Waals surface area (Å²) in [6, 6.07) is 1.58. The lowest BCUT2D eigenvalue weighted by Crippen LogP contribution is -2.44. The van der Waals surface area contributed by atoms with Crippen LogP contribution in [0.4, 0.5) is 0 Å². The van der Waals surface area contributed by atoms with E-state index < -0.39 is 11.5 Å². The second-order valence-corrected chi connectivity index (χ2v) is 6.20. The van der Waals surface area contributed by atoms with Crippen LogP contribution in [-0.4, -0.2) is 37.9 Å². The highest BCUT2D eigenvalue weighted by molar-refractivity contribution is 6.05. The van der Waals surface area contributed by atoms with Gasteiger partial charge in [0.15, 0.2) is 5.65 Å². The maximum Gasteiger partial charge on any atom is 0.274 e.